The molecule has 114 valence electrons. The monoisotopic (exact) mass is 304 g/mol. The predicted molar refractivity (Wildman–Crippen MR) is 88.3 cm³/mol. The van der Waals surface area contributed by atoms with Gasteiger partial charge in [-0.1, -0.05) is 36.4 Å². The first kappa shape index (κ1) is 14.9. The largest absolute Gasteiger partial charge is 0.423 e. The maximum Gasteiger partial charge on any atom is 0.346 e. The van der Waals surface area contributed by atoms with Gasteiger partial charge in [-0.15, -0.1) is 0 Å². The van der Waals surface area contributed by atoms with Gasteiger partial charge in [0, 0.05) is 18.0 Å². The van der Waals surface area contributed by atoms with Crippen molar-refractivity contribution >= 4 is 5.97 Å². The third-order valence-corrected chi connectivity index (χ3v) is 3.33. The van der Waals surface area contributed by atoms with Gasteiger partial charge in [0.05, 0.1) is 5.56 Å². The molecular weight excluding hydrogens is 288 g/mol. The van der Waals surface area contributed by atoms with Crippen molar-refractivity contribution in [3.63, 3.8) is 0 Å². The number of nitrogens with zero attached hydrogens (tertiary/aromatic N) is 2. The highest BCUT2D eigenvalue weighted by molar-refractivity contribution is 5.90. The van der Waals surface area contributed by atoms with Gasteiger partial charge in [0.15, 0.2) is 5.82 Å². The molecule has 4 nitrogen and oxygen atoms in total. The fourth-order valence-corrected chi connectivity index (χ4v) is 2.33. The van der Waals surface area contributed by atoms with Crippen molar-refractivity contribution in [3.05, 3.63) is 77.6 Å². The molecule has 2 aromatic carbocycles. The van der Waals surface area contributed by atoms with Gasteiger partial charge in [0.2, 0.25) is 0 Å². The maximum absolute atomic E-state index is 12.2. The van der Waals surface area contributed by atoms with Crippen LogP contribution in [0.3, 0.4) is 0 Å². The summed E-state index contributed by atoms with van der Waals surface area (Å²) in [6, 6.07) is 15.3. The van der Waals surface area contributed by atoms with Crippen molar-refractivity contribution in [1.82, 2.24) is 9.97 Å². The number of hydrogen-bond acceptors (Lipinski definition) is 4. The molecule has 0 saturated heterocycles. The quantitative estimate of drug-likeness (QED) is 0.542. The molecule has 3 aromatic rings. The zero-order chi connectivity index (χ0) is 16.2. The van der Waals surface area contributed by atoms with Crippen LogP contribution >= 0.6 is 0 Å². The number of ether oxygens (including phenoxy) is 1. The Morgan fingerprint density at radius 2 is 1.52 bits per heavy atom. The Morgan fingerprint density at radius 1 is 0.913 bits per heavy atom. The van der Waals surface area contributed by atoms with Gasteiger partial charge < -0.3 is 4.74 Å². The van der Waals surface area contributed by atoms with E-state index in [0.29, 0.717) is 17.1 Å². The Kier molecular flexibility index (Phi) is 4.15. The van der Waals surface area contributed by atoms with Crippen LogP contribution in [0.4, 0.5) is 0 Å². The molecule has 0 radical (unpaired) electrons. The number of benzene rings is 2. The van der Waals surface area contributed by atoms with Gasteiger partial charge in [-0.3, -0.25) is 0 Å². The van der Waals surface area contributed by atoms with Crippen molar-refractivity contribution in [2.45, 2.75) is 13.8 Å². The topological polar surface area (TPSA) is 52.1 Å². The number of aryl methyl sites for hydroxylation is 2. The van der Waals surface area contributed by atoms with E-state index in [9.17, 15) is 4.79 Å². The number of aromatic nitrogens is 2. The third kappa shape index (κ3) is 3.61. The molecule has 0 saturated carbocycles. The SMILES string of the molecule is Cc1cc(C)cc(OC(=O)c2cnc(-c3ccccc3)nc2)c1. The highest BCUT2D eigenvalue weighted by Crippen LogP contribution is 2.18. The molecule has 4 heteroatoms. The molecule has 0 fully saturated rings. The Morgan fingerprint density at radius 3 is 2.13 bits per heavy atom. The van der Waals surface area contributed by atoms with Crippen molar-refractivity contribution in [2.24, 2.45) is 0 Å². The van der Waals surface area contributed by atoms with Crippen LogP contribution in [0.25, 0.3) is 11.4 Å². The minimum Gasteiger partial charge on any atom is -0.423 e. The van der Waals surface area contributed by atoms with Crippen LogP contribution < -0.4 is 4.74 Å². The van der Waals surface area contributed by atoms with Crippen LogP contribution in [0.15, 0.2) is 60.9 Å². The Balaban J connectivity index is 1.78. The van der Waals surface area contributed by atoms with Gasteiger partial charge >= 0.3 is 5.97 Å². The van der Waals surface area contributed by atoms with E-state index in [2.05, 4.69) is 9.97 Å². The molecule has 0 amide bonds. The molecule has 23 heavy (non-hydrogen) atoms. The van der Waals surface area contributed by atoms with Crippen LogP contribution in [0.5, 0.6) is 5.75 Å². The fourth-order valence-electron chi connectivity index (χ4n) is 2.33. The van der Waals surface area contributed by atoms with Crippen LogP contribution in [-0.2, 0) is 0 Å². The van der Waals surface area contributed by atoms with Crippen LogP contribution in [-0.4, -0.2) is 15.9 Å². The Bertz CT molecular complexity index is 807. The van der Waals surface area contributed by atoms with E-state index in [-0.39, 0.29) is 0 Å². The molecule has 3 rings (SSSR count). The summed E-state index contributed by atoms with van der Waals surface area (Å²) in [6.45, 7) is 3.92. The number of carbonyl (C=O) groups is 1. The summed E-state index contributed by atoms with van der Waals surface area (Å²) in [5.41, 5.74) is 3.32. The lowest BCUT2D eigenvalue weighted by atomic mass is 10.1. The van der Waals surface area contributed by atoms with Gasteiger partial charge in [-0.2, -0.15) is 0 Å². The summed E-state index contributed by atoms with van der Waals surface area (Å²) in [7, 11) is 0. The minimum absolute atomic E-state index is 0.323. The predicted octanol–water partition coefficient (Wildman–Crippen LogP) is 3.98. The third-order valence-electron chi connectivity index (χ3n) is 3.33. The summed E-state index contributed by atoms with van der Waals surface area (Å²) < 4.78 is 5.39. The molecule has 0 aliphatic carbocycles. The van der Waals surface area contributed by atoms with Gasteiger partial charge in [0.1, 0.15) is 5.75 Å². The minimum atomic E-state index is -0.463. The first-order valence-electron chi connectivity index (χ1n) is 7.30. The highest BCUT2D eigenvalue weighted by Gasteiger charge is 2.11. The zero-order valence-corrected chi connectivity index (χ0v) is 13.0. The van der Waals surface area contributed by atoms with Gasteiger partial charge in [-0.05, 0) is 37.1 Å². The summed E-state index contributed by atoms with van der Waals surface area (Å²) in [4.78, 5) is 20.7. The molecule has 0 bridgehead atoms. The van der Waals surface area contributed by atoms with E-state index in [0.717, 1.165) is 16.7 Å². The average Bonchev–Trinajstić information content (AvgIpc) is 2.55. The summed E-state index contributed by atoms with van der Waals surface area (Å²) in [5, 5.41) is 0. The first-order valence-corrected chi connectivity index (χ1v) is 7.30. The first-order chi connectivity index (χ1) is 11.1. The standard InChI is InChI=1S/C19H16N2O2/c1-13-8-14(2)10-17(9-13)23-19(22)16-11-20-18(21-12-16)15-6-4-3-5-7-15/h3-12H,1-2H3. The molecule has 0 unspecified atom stereocenters. The smallest absolute Gasteiger partial charge is 0.346 e. The number of esters is 1. The van der Waals surface area contributed by atoms with E-state index >= 15 is 0 Å². The van der Waals surface area contributed by atoms with E-state index < -0.39 is 5.97 Å². The molecule has 1 heterocycles. The van der Waals surface area contributed by atoms with E-state index in [1.54, 1.807) is 0 Å². The Hall–Kier alpha value is -3.01. The zero-order valence-electron chi connectivity index (χ0n) is 13.0. The highest BCUT2D eigenvalue weighted by atomic mass is 16.5. The van der Waals surface area contributed by atoms with Crippen molar-refractivity contribution in [3.8, 4) is 17.1 Å². The van der Waals surface area contributed by atoms with Crippen molar-refractivity contribution < 1.29 is 9.53 Å². The van der Waals surface area contributed by atoms with Crippen molar-refractivity contribution in [2.75, 3.05) is 0 Å². The molecule has 0 N–H and O–H groups in total. The molecule has 0 atom stereocenters. The summed E-state index contributed by atoms with van der Waals surface area (Å²) in [6.07, 6.45) is 2.97. The van der Waals surface area contributed by atoms with Gasteiger partial charge in [0.25, 0.3) is 0 Å². The van der Waals surface area contributed by atoms with Crippen LogP contribution in [0.1, 0.15) is 21.5 Å². The van der Waals surface area contributed by atoms with Crippen LogP contribution in [0.2, 0.25) is 0 Å². The van der Waals surface area contributed by atoms with Crippen LogP contribution in [0, 0.1) is 13.8 Å². The second-order valence-electron chi connectivity index (χ2n) is 5.37. The number of hydrogen-bond donors (Lipinski definition) is 0. The average molecular weight is 304 g/mol. The fraction of sp³-hybridized carbons (Fsp3) is 0.105. The second kappa shape index (κ2) is 6.40. The number of carbonyl (C=O) groups excluding carboxylic acids is 1. The molecule has 0 spiro atoms. The molecule has 0 aliphatic rings. The van der Waals surface area contributed by atoms with Gasteiger partial charge in [-0.25, -0.2) is 14.8 Å². The second-order valence-corrected chi connectivity index (χ2v) is 5.37. The van der Waals surface area contributed by atoms with E-state index in [1.165, 1.54) is 12.4 Å². The van der Waals surface area contributed by atoms with E-state index in [4.69, 9.17) is 4.74 Å². The normalized spacial score (nSPS) is 10.3. The lowest BCUT2D eigenvalue weighted by Crippen LogP contribution is -2.10. The summed E-state index contributed by atoms with van der Waals surface area (Å²) in [5.74, 6) is 0.641. The molecule has 0 aliphatic heterocycles. The summed E-state index contributed by atoms with van der Waals surface area (Å²) >= 11 is 0. The lowest BCUT2D eigenvalue weighted by Gasteiger charge is -2.06. The molecule has 1 aromatic heterocycles. The molecular formula is C19H16N2O2. The Labute approximate surface area is 134 Å². The van der Waals surface area contributed by atoms with E-state index in [1.807, 2.05) is 62.4 Å². The maximum atomic E-state index is 12.2. The van der Waals surface area contributed by atoms with Crippen molar-refractivity contribution in [1.29, 1.82) is 0 Å². The lowest BCUT2D eigenvalue weighted by molar-refractivity contribution is 0.0734. The number of rotatable bonds is 3.